The second-order valence-electron chi connectivity index (χ2n) is 7.31. The predicted molar refractivity (Wildman–Crippen MR) is 106 cm³/mol. The van der Waals surface area contributed by atoms with Crippen LogP contribution >= 0.6 is 0 Å². The number of aromatic nitrogens is 2. The largest absolute Gasteiger partial charge is 0.328 e. The van der Waals surface area contributed by atoms with E-state index in [-0.39, 0.29) is 11.8 Å². The number of anilines is 1. The molecule has 0 aliphatic carbocycles. The Labute approximate surface area is 154 Å². The lowest BCUT2D eigenvalue weighted by molar-refractivity contribution is -0.117. The lowest BCUT2D eigenvalue weighted by Gasteiger charge is -2.20. The summed E-state index contributed by atoms with van der Waals surface area (Å²) in [6.07, 6.45) is 1.58. The number of carbonyl (C=O) groups is 1. The van der Waals surface area contributed by atoms with Crippen molar-refractivity contribution in [2.75, 3.05) is 11.4 Å². The Morgan fingerprint density at radius 1 is 1.15 bits per heavy atom. The van der Waals surface area contributed by atoms with E-state index in [1.165, 1.54) is 11.1 Å². The number of amides is 1. The van der Waals surface area contributed by atoms with E-state index in [0.717, 1.165) is 35.6 Å². The van der Waals surface area contributed by atoms with Crippen LogP contribution in [0.25, 0.3) is 11.0 Å². The van der Waals surface area contributed by atoms with Gasteiger partial charge in [-0.3, -0.25) is 4.79 Å². The third-order valence-electron chi connectivity index (χ3n) is 5.28. The summed E-state index contributed by atoms with van der Waals surface area (Å²) < 4.78 is 2.31. The fourth-order valence-corrected chi connectivity index (χ4v) is 3.99. The van der Waals surface area contributed by atoms with Crippen molar-refractivity contribution in [2.24, 2.45) is 0 Å². The lowest BCUT2D eigenvalue weighted by atomic mass is 10.1. The molecule has 0 saturated carbocycles. The predicted octanol–water partition coefficient (Wildman–Crippen LogP) is 4.58. The monoisotopic (exact) mass is 347 g/mol. The average molecular weight is 347 g/mol. The van der Waals surface area contributed by atoms with Gasteiger partial charge in [0, 0.05) is 31.1 Å². The number of imidazole rings is 1. The summed E-state index contributed by atoms with van der Waals surface area (Å²) in [5, 5.41) is 0. The maximum absolute atomic E-state index is 12.8. The van der Waals surface area contributed by atoms with E-state index in [0.29, 0.717) is 13.0 Å². The van der Waals surface area contributed by atoms with Crippen LogP contribution in [0.1, 0.15) is 42.6 Å². The van der Waals surface area contributed by atoms with Crippen LogP contribution in [-0.2, 0) is 11.3 Å². The molecular weight excluding hydrogens is 322 g/mol. The molecule has 1 fully saturated rings. The highest BCUT2D eigenvalue weighted by atomic mass is 16.2. The molecule has 1 aliphatic heterocycles. The van der Waals surface area contributed by atoms with Gasteiger partial charge in [0.05, 0.1) is 11.0 Å². The van der Waals surface area contributed by atoms with E-state index in [1.54, 1.807) is 0 Å². The van der Waals surface area contributed by atoms with Gasteiger partial charge in [0.1, 0.15) is 5.82 Å². The van der Waals surface area contributed by atoms with Gasteiger partial charge in [-0.1, -0.05) is 31.2 Å². The van der Waals surface area contributed by atoms with E-state index in [2.05, 4.69) is 61.7 Å². The second-order valence-corrected chi connectivity index (χ2v) is 7.31. The van der Waals surface area contributed by atoms with Crippen molar-refractivity contribution < 1.29 is 4.79 Å². The topological polar surface area (TPSA) is 38.1 Å². The van der Waals surface area contributed by atoms with Gasteiger partial charge in [-0.25, -0.2) is 4.98 Å². The lowest BCUT2D eigenvalue weighted by Crippen LogP contribution is -2.25. The van der Waals surface area contributed by atoms with Gasteiger partial charge in [-0.15, -0.1) is 0 Å². The summed E-state index contributed by atoms with van der Waals surface area (Å²) in [6, 6.07) is 14.6. The van der Waals surface area contributed by atoms with Crippen molar-refractivity contribution in [1.82, 2.24) is 9.55 Å². The maximum Gasteiger partial charge on any atom is 0.227 e. The van der Waals surface area contributed by atoms with E-state index in [9.17, 15) is 4.79 Å². The quantitative estimate of drug-likeness (QED) is 0.693. The summed E-state index contributed by atoms with van der Waals surface area (Å²) in [5.41, 5.74) is 5.55. The number of para-hydroxylation sites is 2. The number of rotatable bonds is 4. The molecule has 26 heavy (non-hydrogen) atoms. The van der Waals surface area contributed by atoms with Crippen molar-refractivity contribution in [3.05, 3.63) is 59.4 Å². The second kappa shape index (κ2) is 6.60. The molecule has 0 radical (unpaired) electrons. The molecular formula is C22H25N3O. The Morgan fingerprint density at radius 3 is 2.77 bits per heavy atom. The first-order chi connectivity index (χ1) is 12.6. The van der Waals surface area contributed by atoms with Crippen LogP contribution in [-0.4, -0.2) is 22.0 Å². The number of carbonyl (C=O) groups excluding carboxylic acids is 1. The molecule has 1 aromatic heterocycles. The van der Waals surface area contributed by atoms with Gasteiger partial charge in [0.2, 0.25) is 5.91 Å². The molecule has 0 spiro atoms. The third kappa shape index (κ3) is 2.79. The van der Waals surface area contributed by atoms with Crippen molar-refractivity contribution in [1.29, 1.82) is 0 Å². The van der Waals surface area contributed by atoms with E-state index >= 15 is 0 Å². The molecule has 4 rings (SSSR count). The number of nitrogens with zero attached hydrogens (tertiary/aromatic N) is 3. The number of benzene rings is 2. The molecule has 0 bridgehead atoms. The molecule has 1 amide bonds. The van der Waals surface area contributed by atoms with E-state index in [1.807, 2.05) is 11.0 Å². The van der Waals surface area contributed by atoms with Gasteiger partial charge >= 0.3 is 0 Å². The summed E-state index contributed by atoms with van der Waals surface area (Å²) >= 11 is 0. The van der Waals surface area contributed by atoms with Crippen LogP contribution in [0.15, 0.2) is 42.5 Å². The molecule has 2 aromatic carbocycles. The number of hydrogen-bond acceptors (Lipinski definition) is 2. The molecule has 134 valence electrons. The van der Waals surface area contributed by atoms with Crippen molar-refractivity contribution >= 4 is 22.6 Å². The van der Waals surface area contributed by atoms with Crippen molar-refractivity contribution in [2.45, 2.75) is 46.1 Å². The average Bonchev–Trinajstić information content (AvgIpc) is 3.18. The van der Waals surface area contributed by atoms with Gasteiger partial charge in [0.15, 0.2) is 0 Å². The highest BCUT2D eigenvalue weighted by molar-refractivity contribution is 5.97. The molecule has 4 heteroatoms. The van der Waals surface area contributed by atoms with Crippen LogP contribution in [0.3, 0.4) is 0 Å². The highest BCUT2D eigenvalue weighted by Gasteiger charge is 2.35. The molecule has 1 saturated heterocycles. The summed E-state index contributed by atoms with van der Waals surface area (Å²) in [5.74, 6) is 1.38. The van der Waals surface area contributed by atoms with Crippen LogP contribution < -0.4 is 4.90 Å². The highest BCUT2D eigenvalue weighted by Crippen LogP contribution is 2.34. The standard InChI is InChI=1S/C22H25N3O/c1-4-11-24-19-8-6-5-7-18(19)23-22(24)17-13-21(26)25(14-17)20-12-15(2)9-10-16(20)3/h5-10,12,17H,4,11,13-14H2,1-3H3/t17-/m1/s1. The number of aryl methyl sites for hydroxylation is 3. The van der Waals surface area contributed by atoms with Crippen molar-refractivity contribution in [3.8, 4) is 0 Å². The summed E-state index contributed by atoms with van der Waals surface area (Å²) in [6.45, 7) is 7.96. The first kappa shape index (κ1) is 16.8. The molecule has 0 unspecified atom stereocenters. The Morgan fingerprint density at radius 2 is 1.96 bits per heavy atom. The third-order valence-corrected chi connectivity index (χ3v) is 5.28. The molecule has 0 N–H and O–H groups in total. The normalized spacial score (nSPS) is 17.4. The molecule has 3 aromatic rings. The fraction of sp³-hybridized carbons (Fsp3) is 0.364. The number of fused-ring (bicyclic) bond motifs is 1. The Bertz CT molecular complexity index is 973. The molecule has 1 atom stereocenters. The zero-order valence-electron chi connectivity index (χ0n) is 15.7. The Balaban J connectivity index is 1.72. The first-order valence-electron chi connectivity index (χ1n) is 9.41. The van der Waals surface area contributed by atoms with Crippen LogP contribution in [0, 0.1) is 13.8 Å². The SMILES string of the molecule is CCCn1c([C@@H]2CC(=O)N(c3cc(C)ccc3C)C2)nc2ccccc21. The molecule has 4 nitrogen and oxygen atoms in total. The minimum atomic E-state index is 0.140. The fourth-order valence-electron chi connectivity index (χ4n) is 3.99. The minimum Gasteiger partial charge on any atom is -0.328 e. The van der Waals surface area contributed by atoms with Gasteiger partial charge in [0.25, 0.3) is 0 Å². The molecule has 1 aliphatic rings. The van der Waals surface area contributed by atoms with Crippen LogP contribution in [0.4, 0.5) is 5.69 Å². The van der Waals surface area contributed by atoms with Gasteiger partial charge in [-0.05, 0) is 49.6 Å². The van der Waals surface area contributed by atoms with E-state index < -0.39 is 0 Å². The first-order valence-corrected chi connectivity index (χ1v) is 9.41. The smallest absolute Gasteiger partial charge is 0.227 e. The van der Waals surface area contributed by atoms with Crippen LogP contribution in [0.2, 0.25) is 0 Å². The Kier molecular flexibility index (Phi) is 4.27. The Hall–Kier alpha value is -2.62. The van der Waals surface area contributed by atoms with Crippen LogP contribution in [0.5, 0.6) is 0 Å². The summed E-state index contributed by atoms with van der Waals surface area (Å²) in [7, 11) is 0. The maximum atomic E-state index is 12.8. The minimum absolute atomic E-state index is 0.140. The number of hydrogen-bond donors (Lipinski definition) is 0. The van der Waals surface area contributed by atoms with Gasteiger partial charge < -0.3 is 9.47 Å². The van der Waals surface area contributed by atoms with Crippen molar-refractivity contribution in [3.63, 3.8) is 0 Å². The van der Waals surface area contributed by atoms with E-state index in [4.69, 9.17) is 4.98 Å². The zero-order chi connectivity index (χ0) is 18.3. The summed E-state index contributed by atoms with van der Waals surface area (Å²) in [4.78, 5) is 19.6. The zero-order valence-corrected chi connectivity index (χ0v) is 15.7. The van der Waals surface area contributed by atoms with Gasteiger partial charge in [-0.2, -0.15) is 0 Å². The molecule has 2 heterocycles.